The first-order chi connectivity index (χ1) is 10.9. The molecule has 4 unspecified atom stereocenters. The summed E-state index contributed by atoms with van der Waals surface area (Å²) in [4.78, 5) is 14.2. The van der Waals surface area contributed by atoms with E-state index in [0.29, 0.717) is 0 Å². The molecule has 0 N–H and O–H groups in total. The Morgan fingerprint density at radius 2 is 1.09 bits per heavy atom. The number of fused-ring (bicyclic) bond motifs is 2. The van der Waals surface area contributed by atoms with Crippen LogP contribution < -0.4 is 9.80 Å². The molecule has 4 aliphatic rings. The topological polar surface area (TPSA) is 32.3 Å². The van der Waals surface area contributed by atoms with Crippen LogP contribution in [-0.4, -0.2) is 36.1 Å². The van der Waals surface area contributed by atoms with Gasteiger partial charge in [0.2, 0.25) is 0 Å². The van der Waals surface area contributed by atoms with Crippen LogP contribution in [0.15, 0.2) is 12.4 Å². The fourth-order valence-electron chi connectivity index (χ4n) is 5.53. The molecule has 0 amide bonds. The third-order valence-corrected chi connectivity index (χ3v) is 6.74. The zero-order valence-corrected chi connectivity index (χ0v) is 13.3. The van der Waals surface area contributed by atoms with E-state index in [1.165, 1.54) is 64.7 Å². The van der Waals surface area contributed by atoms with Gasteiger partial charge in [0.05, 0.1) is 0 Å². The average Bonchev–Trinajstić information content (AvgIpc) is 3.26. The van der Waals surface area contributed by atoms with Crippen LogP contribution in [0.2, 0.25) is 0 Å². The van der Waals surface area contributed by atoms with Crippen molar-refractivity contribution in [2.75, 3.05) is 36.0 Å². The van der Waals surface area contributed by atoms with Crippen molar-refractivity contribution in [2.24, 2.45) is 23.7 Å². The van der Waals surface area contributed by atoms with E-state index in [-0.39, 0.29) is 0 Å². The molecule has 0 radical (unpaired) electrons. The molecule has 2 saturated heterocycles. The van der Waals surface area contributed by atoms with Gasteiger partial charge in [0, 0.05) is 32.2 Å². The first kappa shape index (κ1) is 13.1. The van der Waals surface area contributed by atoms with Crippen molar-refractivity contribution >= 4 is 11.6 Å². The summed E-state index contributed by atoms with van der Waals surface area (Å²) in [6, 6.07) is 2.25. The van der Waals surface area contributed by atoms with Gasteiger partial charge >= 0.3 is 0 Å². The van der Waals surface area contributed by atoms with Crippen LogP contribution in [0.3, 0.4) is 0 Å². The molecule has 0 spiro atoms. The maximum atomic E-state index is 4.58. The van der Waals surface area contributed by atoms with Gasteiger partial charge in [0.15, 0.2) is 0 Å². The highest BCUT2D eigenvalue weighted by Crippen LogP contribution is 2.41. The summed E-state index contributed by atoms with van der Waals surface area (Å²) in [5.41, 5.74) is 0. The van der Waals surface area contributed by atoms with Gasteiger partial charge in [-0.1, -0.05) is 12.8 Å². The van der Waals surface area contributed by atoms with E-state index < -0.39 is 0 Å². The summed E-state index contributed by atoms with van der Waals surface area (Å²) in [5, 5.41) is 0. The normalized spacial score (nSPS) is 36.9. The average molecular weight is 298 g/mol. The molecule has 2 aliphatic heterocycles. The number of anilines is 2. The van der Waals surface area contributed by atoms with Crippen LogP contribution in [-0.2, 0) is 0 Å². The first-order valence-electron chi connectivity index (χ1n) is 9.19. The van der Waals surface area contributed by atoms with Gasteiger partial charge in [0.25, 0.3) is 0 Å². The van der Waals surface area contributed by atoms with Gasteiger partial charge in [-0.3, -0.25) is 0 Å². The summed E-state index contributed by atoms with van der Waals surface area (Å²) in [6.07, 6.45) is 10.4. The van der Waals surface area contributed by atoms with Gasteiger partial charge in [0.1, 0.15) is 18.0 Å². The maximum Gasteiger partial charge on any atom is 0.134 e. The molecule has 2 saturated carbocycles. The van der Waals surface area contributed by atoms with Gasteiger partial charge in [-0.25, -0.2) is 9.97 Å². The summed E-state index contributed by atoms with van der Waals surface area (Å²) >= 11 is 0. The van der Waals surface area contributed by atoms with Crippen molar-refractivity contribution in [1.82, 2.24) is 9.97 Å². The van der Waals surface area contributed by atoms with Crippen molar-refractivity contribution in [3.05, 3.63) is 12.4 Å². The largest absolute Gasteiger partial charge is 0.356 e. The molecule has 118 valence electrons. The van der Waals surface area contributed by atoms with Crippen molar-refractivity contribution < 1.29 is 0 Å². The second kappa shape index (κ2) is 5.10. The second-order valence-electron chi connectivity index (χ2n) is 7.95. The first-order valence-corrected chi connectivity index (χ1v) is 9.19. The van der Waals surface area contributed by atoms with E-state index in [2.05, 4.69) is 25.8 Å². The molecular formula is C18H26N4. The predicted molar refractivity (Wildman–Crippen MR) is 88.1 cm³/mol. The molecule has 5 rings (SSSR count). The Kier molecular flexibility index (Phi) is 3.05. The predicted octanol–water partition coefficient (Wildman–Crippen LogP) is 2.95. The molecular weight excluding hydrogens is 272 g/mol. The Morgan fingerprint density at radius 3 is 1.50 bits per heavy atom. The van der Waals surface area contributed by atoms with Gasteiger partial charge < -0.3 is 9.80 Å². The Balaban J connectivity index is 1.33. The zero-order valence-electron chi connectivity index (χ0n) is 13.3. The maximum absolute atomic E-state index is 4.58. The van der Waals surface area contributed by atoms with E-state index in [0.717, 1.165) is 35.3 Å². The Bertz CT molecular complexity index is 491. The van der Waals surface area contributed by atoms with E-state index >= 15 is 0 Å². The lowest BCUT2D eigenvalue weighted by atomic mass is 10.0. The number of hydrogen-bond acceptors (Lipinski definition) is 4. The number of aromatic nitrogens is 2. The standard InChI is InChI=1S/C18H26N4/c1-3-13-8-21(9-14(13)4-1)17-7-18(20-12-19-17)22-10-15-5-2-6-16(15)11-22/h7,12-16H,1-6,8-11H2. The lowest BCUT2D eigenvalue weighted by molar-refractivity contribution is 0.494. The summed E-state index contributed by atoms with van der Waals surface area (Å²) < 4.78 is 0. The van der Waals surface area contributed by atoms with Crippen LogP contribution in [0.1, 0.15) is 38.5 Å². The Morgan fingerprint density at radius 1 is 0.682 bits per heavy atom. The molecule has 0 bridgehead atoms. The molecule has 2 aliphatic carbocycles. The van der Waals surface area contributed by atoms with Crippen molar-refractivity contribution in [2.45, 2.75) is 38.5 Å². The van der Waals surface area contributed by atoms with Crippen molar-refractivity contribution in [3.8, 4) is 0 Å². The Hall–Kier alpha value is -1.32. The molecule has 1 aromatic rings. The van der Waals surface area contributed by atoms with Crippen LogP contribution >= 0.6 is 0 Å². The summed E-state index contributed by atoms with van der Waals surface area (Å²) in [6.45, 7) is 4.86. The van der Waals surface area contributed by atoms with Crippen LogP contribution in [0.25, 0.3) is 0 Å². The smallest absolute Gasteiger partial charge is 0.134 e. The second-order valence-corrected chi connectivity index (χ2v) is 7.95. The quantitative estimate of drug-likeness (QED) is 0.840. The lowest BCUT2D eigenvalue weighted by Gasteiger charge is -2.22. The highest BCUT2D eigenvalue weighted by atomic mass is 15.3. The third-order valence-electron chi connectivity index (χ3n) is 6.74. The number of nitrogens with zero attached hydrogens (tertiary/aromatic N) is 4. The molecule has 4 nitrogen and oxygen atoms in total. The van der Waals surface area contributed by atoms with Crippen LogP contribution in [0.4, 0.5) is 11.6 Å². The highest BCUT2D eigenvalue weighted by molar-refractivity contribution is 5.51. The number of rotatable bonds is 2. The third kappa shape index (κ3) is 2.10. The minimum atomic E-state index is 0.921. The fraction of sp³-hybridized carbons (Fsp3) is 0.778. The zero-order chi connectivity index (χ0) is 14.5. The lowest BCUT2D eigenvalue weighted by Crippen LogP contribution is -2.25. The van der Waals surface area contributed by atoms with Crippen LogP contribution in [0.5, 0.6) is 0 Å². The van der Waals surface area contributed by atoms with E-state index in [9.17, 15) is 0 Å². The SMILES string of the molecule is c1nc(N2CC3CCCC3C2)cc(N2CC3CCCC3C2)n1. The molecule has 0 aromatic carbocycles. The number of hydrogen-bond donors (Lipinski definition) is 0. The molecule has 3 heterocycles. The van der Waals surface area contributed by atoms with Gasteiger partial charge in [-0.2, -0.15) is 0 Å². The fourth-order valence-corrected chi connectivity index (χ4v) is 5.53. The molecule has 1 aromatic heterocycles. The molecule has 4 heteroatoms. The molecule has 22 heavy (non-hydrogen) atoms. The van der Waals surface area contributed by atoms with Gasteiger partial charge in [-0.05, 0) is 49.4 Å². The minimum absolute atomic E-state index is 0.921. The Labute approximate surface area is 132 Å². The van der Waals surface area contributed by atoms with E-state index in [4.69, 9.17) is 0 Å². The van der Waals surface area contributed by atoms with Crippen molar-refractivity contribution in [1.29, 1.82) is 0 Å². The summed E-state index contributed by atoms with van der Waals surface area (Å²) in [7, 11) is 0. The monoisotopic (exact) mass is 298 g/mol. The minimum Gasteiger partial charge on any atom is -0.356 e. The summed E-state index contributed by atoms with van der Waals surface area (Å²) in [5.74, 6) is 6.01. The molecule has 4 fully saturated rings. The highest BCUT2D eigenvalue weighted by Gasteiger charge is 2.38. The molecule has 4 atom stereocenters. The van der Waals surface area contributed by atoms with E-state index in [1.807, 2.05) is 0 Å². The van der Waals surface area contributed by atoms with Crippen molar-refractivity contribution in [3.63, 3.8) is 0 Å². The van der Waals surface area contributed by atoms with Gasteiger partial charge in [-0.15, -0.1) is 0 Å². The van der Waals surface area contributed by atoms with E-state index in [1.54, 1.807) is 6.33 Å². The van der Waals surface area contributed by atoms with Crippen LogP contribution in [0, 0.1) is 23.7 Å².